The minimum Gasteiger partial charge on any atom is -0.464 e. The van der Waals surface area contributed by atoms with E-state index in [9.17, 15) is 4.79 Å². The molecule has 0 unspecified atom stereocenters. The third-order valence-electron chi connectivity index (χ3n) is 1.72. The van der Waals surface area contributed by atoms with Crippen molar-refractivity contribution in [2.24, 2.45) is 0 Å². The Morgan fingerprint density at radius 3 is 2.83 bits per heavy atom. The van der Waals surface area contributed by atoms with E-state index < -0.39 is 5.97 Å². The molecule has 0 N–H and O–H groups in total. The number of hydrogen-bond donors (Lipinski definition) is 0. The fourth-order valence-electron chi connectivity index (χ4n) is 1.06. The van der Waals surface area contributed by atoms with Crippen LogP contribution in [0.5, 0.6) is 0 Å². The normalized spacial score (nSPS) is 9.92. The quantitative estimate of drug-likeness (QED) is 0.627. The van der Waals surface area contributed by atoms with Crippen LogP contribution in [0.3, 0.4) is 0 Å². The van der Waals surface area contributed by atoms with E-state index in [2.05, 4.69) is 9.89 Å². The second-order valence-electron chi connectivity index (χ2n) is 2.41. The first kappa shape index (κ1) is 8.77. The van der Waals surface area contributed by atoms with E-state index >= 15 is 0 Å². The summed E-state index contributed by atoms with van der Waals surface area (Å²) in [5.74, 6) is 0.238. The zero-order valence-corrected chi connectivity index (χ0v) is 7.38. The molecule has 66 valence electrons. The maximum absolute atomic E-state index is 11.1. The predicted molar refractivity (Wildman–Crippen MR) is 42.0 cm³/mol. The van der Waals surface area contributed by atoms with Crippen molar-refractivity contribution in [1.82, 2.24) is 5.16 Å². The number of ether oxygens (including phenoxy) is 1. The summed E-state index contributed by atoms with van der Waals surface area (Å²) in [5, 5.41) is 3.61. The van der Waals surface area contributed by atoms with Gasteiger partial charge in [0.2, 0.25) is 0 Å². The van der Waals surface area contributed by atoms with E-state index in [4.69, 9.17) is 4.52 Å². The molecule has 0 atom stereocenters. The van der Waals surface area contributed by atoms with Crippen LogP contribution in [-0.4, -0.2) is 18.2 Å². The van der Waals surface area contributed by atoms with Gasteiger partial charge in [0.05, 0.1) is 7.11 Å². The fraction of sp³-hybridized carbons (Fsp3) is 0.500. The van der Waals surface area contributed by atoms with Crippen LogP contribution in [0, 0.1) is 6.92 Å². The fourth-order valence-corrected chi connectivity index (χ4v) is 1.06. The van der Waals surface area contributed by atoms with Gasteiger partial charge in [-0.1, -0.05) is 12.1 Å². The van der Waals surface area contributed by atoms with Crippen LogP contribution in [-0.2, 0) is 11.2 Å². The van der Waals surface area contributed by atoms with Gasteiger partial charge in [-0.15, -0.1) is 0 Å². The number of carbonyl (C=O) groups is 1. The lowest BCUT2D eigenvalue weighted by atomic mass is 10.1. The van der Waals surface area contributed by atoms with Gasteiger partial charge in [0.1, 0.15) is 5.76 Å². The Kier molecular flexibility index (Phi) is 2.47. The first-order chi connectivity index (χ1) is 5.70. The van der Waals surface area contributed by atoms with Crippen molar-refractivity contribution in [2.45, 2.75) is 20.3 Å². The van der Waals surface area contributed by atoms with Gasteiger partial charge in [0.25, 0.3) is 0 Å². The SMILES string of the molecule is CCc1c(C(=O)OC)noc1C. The van der Waals surface area contributed by atoms with Gasteiger partial charge >= 0.3 is 5.97 Å². The highest BCUT2D eigenvalue weighted by atomic mass is 16.5. The monoisotopic (exact) mass is 169 g/mol. The van der Waals surface area contributed by atoms with Gasteiger partial charge < -0.3 is 9.26 Å². The van der Waals surface area contributed by atoms with Crippen molar-refractivity contribution in [2.75, 3.05) is 7.11 Å². The molecule has 0 saturated heterocycles. The molecule has 0 aromatic carbocycles. The second kappa shape index (κ2) is 3.38. The van der Waals surface area contributed by atoms with Gasteiger partial charge in [0.15, 0.2) is 5.69 Å². The largest absolute Gasteiger partial charge is 0.464 e. The zero-order valence-electron chi connectivity index (χ0n) is 7.38. The maximum Gasteiger partial charge on any atom is 0.360 e. The first-order valence-corrected chi connectivity index (χ1v) is 3.74. The topological polar surface area (TPSA) is 52.3 Å². The molecule has 0 amide bonds. The number of aryl methyl sites for hydroxylation is 1. The molecule has 1 heterocycles. The summed E-state index contributed by atoms with van der Waals surface area (Å²) >= 11 is 0. The van der Waals surface area contributed by atoms with Crippen LogP contribution in [0.25, 0.3) is 0 Å². The number of aromatic nitrogens is 1. The summed E-state index contributed by atoms with van der Waals surface area (Å²) < 4.78 is 9.39. The number of esters is 1. The Balaban J connectivity index is 3.07. The van der Waals surface area contributed by atoms with Crippen LogP contribution >= 0.6 is 0 Å². The highest BCUT2D eigenvalue weighted by Gasteiger charge is 2.18. The summed E-state index contributed by atoms with van der Waals surface area (Å²) in [6.45, 7) is 3.71. The summed E-state index contributed by atoms with van der Waals surface area (Å²) in [5.41, 5.74) is 1.11. The first-order valence-electron chi connectivity index (χ1n) is 3.74. The van der Waals surface area contributed by atoms with E-state index in [1.54, 1.807) is 6.92 Å². The number of rotatable bonds is 2. The average Bonchev–Trinajstić information content (AvgIpc) is 2.45. The van der Waals surface area contributed by atoms with Crippen LogP contribution < -0.4 is 0 Å². The van der Waals surface area contributed by atoms with E-state index in [1.807, 2.05) is 6.92 Å². The lowest BCUT2D eigenvalue weighted by Crippen LogP contribution is -2.04. The van der Waals surface area contributed by atoms with Gasteiger partial charge in [-0.2, -0.15) is 0 Å². The van der Waals surface area contributed by atoms with Crippen molar-refractivity contribution in [3.05, 3.63) is 17.0 Å². The molecular weight excluding hydrogens is 158 g/mol. The number of nitrogens with zero attached hydrogens (tertiary/aromatic N) is 1. The molecular formula is C8H11NO3. The van der Waals surface area contributed by atoms with E-state index in [0.29, 0.717) is 5.76 Å². The molecule has 4 heteroatoms. The molecule has 1 rings (SSSR count). The smallest absolute Gasteiger partial charge is 0.360 e. The van der Waals surface area contributed by atoms with Crippen molar-refractivity contribution in [3.63, 3.8) is 0 Å². The minimum absolute atomic E-state index is 0.289. The number of hydrogen-bond acceptors (Lipinski definition) is 4. The van der Waals surface area contributed by atoms with Gasteiger partial charge in [-0.25, -0.2) is 4.79 Å². The summed E-state index contributed by atoms with van der Waals surface area (Å²) in [6, 6.07) is 0. The molecule has 1 aromatic rings. The second-order valence-corrected chi connectivity index (χ2v) is 2.41. The van der Waals surface area contributed by atoms with Crippen LogP contribution in [0.2, 0.25) is 0 Å². The van der Waals surface area contributed by atoms with Crippen molar-refractivity contribution >= 4 is 5.97 Å². The van der Waals surface area contributed by atoms with Crippen molar-refractivity contribution in [1.29, 1.82) is 0 Å². The predicted octanol–water partition coefficient (Wildman–Crippen LogP) is 1.33. The van der Waals surface area contributed by atoms with Gasteiger partial charge in [-0.05, 0) is 13.3 Å². The highest BCUT2D eigenvalue weighted by molar-refractivity contribution is 5.88. The van der Waals surface area contributed by atoms with E-state index in [1.165, 1.54) is 7.11 Å². The molecule has 0 bridgehead atoms. The lowest BCUT2D eigenvalue weighted by molar-refractivity contribution is 0.0588. The van der Waals surface area contributed by atoms with Crippen molar-refractivity contribution in [3.8, 4) is 0 Å². The molecule has 0 aliphatic heterocycles. The molecule has 0 radical (unpaired) electrons. The summed E-state index contributed by atoms with van der Waals surface area (Å²) in [4.78, 5) is 11.1. The highest BCUT2D eigenvalue weighted by Crippen LogP contribution is 2.14. The number of methoxy groups -OCH3 is 1. The molecule has 0 aliphatic rings. The molecule has 4 nitrogen and oxygen atoms in total. The molecule has 0 aliphatic carbocycles. The lowest BCUT2D eigenvalue weighted by Gasteiger charge is -1.95. The Hall–Kier alpha value is -1.32. The van der Waals surface area contributed by atoms with Gasteiger partial charge in [-0.3, -0.25) is 0 Å². The zero-order chi connectivity index (χ0) is 9.14. The Morgan fingerprint density at radius 2 is 2.33 bits per heavy atom. The Bertz CT molecular complexity index is 290. The standard InChI is InChI=1S/C8H11NO3/c1-4-6-5(2)12-9-7(6)8(10)11-3/h4H2,1-3H3. The van der Waals surface area contributed by atoms with Crippen molar-refractivity contribution < 1.29 is 14.1 Å². The molecule has 0 fully saturated rings. The third-order valence-corrected chi connectivity index (χ3v) is 1.72. The van der Waals surface area contributed by atoms with Gasteiger partial charge in [0, 0.05) is 5.56 Å². The summed E-state index contributed by atoms with van der Waals surface area (Å²) in [6.07, 6.45) is 0.722. The average molecular weight is 169 g/mol. The minimum atomic E-state index is -0.441. The Morgan fingerprint density at radius 1 is 1.67 bits per heavy atom. The number of carbonyl (C=O) groups excluding carboxylic acids is 1. The molecule has 1 aromatic heterocycles. The van der Waals surface area contributed by atoms with Crippen LogP contribution in [0.4, 0.5) is 0 Å². The molecule has 0 saturated carbocycles. The van der Waals surface area contributed by atoms with E-state index in [0.717, 1.165) is 12.0 Å². The Labute approximate surface area is 70.5 Å². The summed E-state index contributed by atoms with van der Waals surface area (Å²) in [7, 11) is 1.33. The van der Waals surface area contributed by atoms with Crippen LogP contribution in [0.1, 0.15) is 28.7 Å². The van der Waals surface area contributed by atoms with E-state index in [-0.39, 0.29) is 5.69 Å². The molecule has 0 spiro atoms. The third kappa shape index (κ3) is 1.32. The van der Waals surface area contributed by atoms with Crippen LogP contribution in [0.15, 0.2) is 4.52 Å². The maximum atomic E-state index is 11.1. The molecule has 12 heavy (non-hydrogen) atoms.